The first-order valence-electron chi connectivity index (χ1n) is 4.43. The summed E-state index contributed by atoms with van der Waals surface area (Å²) in [5, 5.41) is 0. The number of nitrogens with zero attached hydrogens (tertiary/aromatic N) is 1. The fraction of sp³-hybridized carbons (Fsp3) is 0.600. The highest BCUT2D eigenvalue weighted by Crippen LogP contribution is 2.06. The van der Waals surface area contributed by atoms with Crippen molar-refractivity contribution in [1.82, 2.24) is 4.90 Å². The van der Waals surface area contributed by atoms with E-state index >= 15 is 0 Å². The van der Waals surface area contributed by atoms with E-state index in [-0.39, 0.29) is 0 Å². The highest BCUT2D eigenvalue weighted by Gasteiger charge is 2.08. The summed E-state index contributed by atoms with van der Waals surface area (Å²) in [6.07, 6.45) is 11.3. The minimum atomic E-state index is 1.13. The lowest BCUT2D eigenvalue weighted by Gasteiger charge is -2.09. The van der Waals surface area contributed by atoms with Crippen molar-refractivity contribution in [3.63, 3.8) is 0 Å². The van der Waals surface area contributed by atoms with Crippen LogP contribution in [0.3, 0.4) is 0 Å². The zero-order valence-electron chi connectivity index (χ0n) is 7.29. The average Bonchev–Trinajstić information content (AvgIpc) is 2.50. The summed E-state index contributed by atoms with van der Waals surface area (Å²) in [6, 6.07) is 0. The molecular weight excluding hydrogens is 134 g/mol. The van der Waals surface area contributed by atoms with Gasteiger partial charge >= 0.3 is 0 Å². The van der Waals surface area contributed by atoms with Crippen LogP contribution in [0, 0.1) is 0 Å². The van der Waals surface area contributed by atoms with Gasteiger partial charge in [-0.2, -0.15) is 0 Å². The van der Waals surface area contributed by atoms with E-state index < -0.39 is 0 Å². The molecule has 1 nitrogen and oxygen atoms in total. The Hall–Kier alpha value is -0.560. The van der Waals surface area contributed by atoms with Gasteiger partial charge in [0.1, 0.15) is 0 Å². The zero-order valence-corrected chi connectivity index (χ0v) is 7.29. The van der Waals surface area contributed by atoms with Crippen LogP contribution in [0.5, 0.6) is 0 Å². The summed E-state index contributed by atoms with van der Waals surface area (Å²) in [6.45, 7) is 5.75. The predicted octanol–water partition coefficient (Wildman–Crippen LogP) is 2.21. The summed E-state index contributed by atoms with van der Waals surface area (Å²) in [4.78, 5) is 2.49. The molecule has 0 aromatic rings. The minimum Gasteiger partial charge on any atom is -0.300 e. The lowest BCUT2D eigenvalue weighted by molar-refractivity contribution is 0.377. The van der Waals surface area contributed by atoms with Crippen molar-refractivity contribution in [3.05, 3.63) is 24.3 Å². The molecule has 1 aliphatic heterocycles. The van der Waals surface area contributed by atoms with Crippen molar-refractivity contribution in [1.29, 1.82) is 0 Å². The van der Waals surface area contributed by atoms with Gasteiger partial charge in [-0.15, -0.1) is 0 Å². The maximum Gasteiger partial charge on any atom is 0.0166 e. The maximum absolute atomic E-state index is 2.49. The molecule has 1 heterocycles. The van der Waals surface area contributed by atoms with Crippen LogP contribution in [0.1, 0.15) is 19.8 Å². The van der Waals surface area contributed by atoms with Gasteiger partial charge in [0.25, 0.3) is 0 Å². The third kappa shape index (κ3) is 3.38. The highest BCUT2D eigenvalue weighted by atomic mass is 15.1. The van der Waals surface area contributed by atoms with E-state index in [1.807, 2.05) is 6.92 Å². The largest absolute Gasteiger partial charge is 0.300 e. The van der Waals surface area contributed by atoms with Crippen molar-refractivity contribution in [2.24, 2.45) is 0 Å². The molecular formula is C10H17N. The molecule has 1 fully saturated rings. The maximum atomic E-state index is 2.49. The van der Waals surface area contributed by atoms with Crippen molar-refractivity contribution < 1.29 is 0 Å². The number of likely N-dealkylation sites (tertiary alicyclic amines) is 1. The third-order valence-electron chi connectivity index (χ3n) is 2.00. The molecule has 1 heteroatoms. The molecule has 11 heavy (non-hydrogen) atoms. The molecule has 0 spiro atoms. The van der Waals surface area contributed by atoms with Crippen molar-refractivity contribution in [2.45, 2.75) is 19.8 Å². The van der Waals surface area contributed by atoms with Crippen molar-refractivity contribution in [2.75, 3.05) is 19.6 Å². The molecule has 0 N–H and O–H groups in total. The minimum absolute atomic E-state index is 1.13. The van der Waals surface area contributed by atoms with Gasteiger partial charge < -0.3 is 0 Å². The monoisotopic (exact) mass is 151 g/mol. The SMILES string of the molecule is C/C=C/C=C/CN1CCCC1. The summed E-state index contributed by atoms with van der Waals surface area (Å²) >= 11 is 0. The summed E-state index contributed by atoms with van der Waals surface area (Å²) in [7, 11) is 0. The molecule has 0 bridgehead atoms. The first kappa shape index (κ1) is 8.54. The van der Waals surface area contributed by atoms with E-state index in [2.05, 4.69) is 29.2 Å². The van der Waals surface area contributed by atoms with Gasteiger partial charge in [0.2, 0.25) is 0 Å². The molecule has 0 aliphatic carbocycles. The number of hydrogen-bond donors (Lipinski definition) is 0. The molecule has 62 valence electrons. The predicted molar refractivity (Wildman–Crippen MR) is 49.6 cm³/mol. The van der Waals surface area contributed by atoms with Crippen LogP contribution in [0.4, 0.5) is 0 Å². The Balaban J connectivity index is 2.10. The van der Waals surface area contributed by atoms with Crippen LogP contribution in [-0.2, 0) is 0 Å². The Morgan fingerprint density at radius 3 is 2.55 bits per heavy atom. The molecule has 0 aromatic carbocycles. The zero-order chi connectivity index (χ0) is 7.94. The van der Waals surface area contributed by atoms with Gasteiger partial charge in [0.05, 0.1) is 0 Å². The van der Waals surface area contributed by atoms with Crippen LogP contribution in [0.2, 0.25) is 0 Å². The first-order chi connectivity index (χ1) is 5.43. The summed E-state index contributed by atoms with van der Waals surface area (Å²) in [5.74, 6) is 0. The highest BCUT2D eigenvalue weighted by molar-refractivity contribution is 5.02. The van der Waals surface area contributed by atoms with Gasteiger partial charge in [-0.1, -0.05) is 24.3 Å². The molecule has 1 aliphatic rings. The molecule has 0 radical (unpaired) electrons. The van der Waals surface area contributed by atoms with Crippen LogP contribution in [-0.4, -0.2) is 24.5 Å². The van der Waals surface area contributed by atoms with Gasteiger partial charge in [0.15, 0.2) is 0 Å². The molecule has 1 rings (SSSR count). The fourth-order valence-electron chi connectivity index (χ4n) is 1.36. The third-order valence-corrected chi connectivity index (χ3v) is 2.00. The van der Waals surface area contributed by atoms with E-state index in [0.717, 1.165) is 6.54 Å². The second-order valence-corrected chi connectivity index (χ2v) is 2.96. The fourth-order valence-corrected chi connectivity index (χ4v) is 1.36. The van der Waals surface area contributed by atoms with Crippen molar-refractivity contribution >= 4 is 0 Å². The number of allylic oxidation sites excluding steroid dienone is 3. The molecule has 0 atom stereocenters. The van der Waals surface area contributed by atoms with Gasteiger partial charge in [-0.05, 0) is 32.9 Å². The van der Waals surface area contributed by atoms with Gasteiger partial charge in [-0.25, -0.2) is 0 Å². The van der Waals surface area contributed by atoms with E-state index in [0.29, 0.717) is 0 Å². The molecule has 0 aromatic heterocycles. The normalized spacial score (nSPS) is 20.8. The van der Waals surface area contributed by atoms with Crippen LogP contribution >= 0.6 is 0 Å². The Kier molecular flexibility index (Phi) is 3.99. The van der Waals surface area contributed by atoms with Crippen LogP contribution in [0.25, 0.3) is 0 Å². The number of rotatable bonds is 3. The van der Waals surface area contributed by atoms with E-state index in [1.165, 1.54) is 25.9 Å². The molecule has 0 saturated carbocycles. The Morgan fingerprint density at radius 2 is 1.91 bits per heavy atom. The second-order valence-electron chi connectivity index (χ2n) is 2.96. The second kappa shape index (κ2) is 5.14. The van der Waals surface area contributed by atoms with E-state index in [1.54, 1.807) is 0 Å². The van der Waals surface area contributed by atoms with Crippen LogP contribution in [0.15, 0.2) is 24.3 Å². The quantitative estimate of drug-likeness (QED) is 0.559. The summed E-state index contributed by atoms with van der Waals surface area (Å²) in [5.41, 5.74) is 0. The summed E-state index contributed by atoms with van der Waals surface area (Å²) < 4.78 is 0. The molecule has 1 saturated heterocycles. The molecule has 0 unspecified atom stereocenters. The van der Waals surface area contributed by atoms with Gasteiger partial charge in [-0.3, -0.25) is 4.90 Å². The Bertz CT molecular complexity index is 141. The van der Waals surface area contributed by atoms with Crippen molar-refractivity contribution in [3.8, 4) is 0 Å². The van der Waals surface area contributed by atoms with E-state index in [4.69, 9.17) is 0 Å². The van der Waals surface area contributed by atoms with Gasteiger partial charge in [0, 0.05) is 6.54 Å². The van der Waals surface area contributed by atoms with E-state index in [9.17, 15) is 0 Å². The number of hydrogen-bond acceptors (Lipinski definition) is 1. The lowest BCUT2D eigenvalue weighted by Crippen LogP contribution is -2.18. The molecule has 0 amide bonds. The standard InChI is InChI=1S/C10H17N/c1-2-3-4-5-8-11-9-6-7-10-11/h2-5H,6-10H2,1H3/b3-2+,5-4+. The topological polar surface area (TPSA) is 3.24 Å². The smallest absolute Gasteiger partial charge is 0.0166 e. The average molecular weight is 151 g/mol. The first-order valence-corrected chi connectivity index (χ1v) is 4.43. The Labute approximate surface area is 69.4 Å². The Morgan fingerprint density at radius 1 is 1.18 bits per heavy atom. The van der Waals surface area contributed by atoms with Crippen LogP contribution < -0.4 is 0 Å². The lowest BCUT2D eigenvalue weighted by atomic mass is 10.4.